The molecule has 0 radical (unpaired) electrons. The molecule has 2 atom stereocenters. The van der Waals surface area contributed by atoms with Gasteiger partial charge in [0.2, 0.25) is 0 Å². The van der Waals surface area contributed by atoms with Crippen molar-refractivity contribution in [2.24, 2.45) is 5.73 Å². The highest BCUT2D eigenvalue weighted by molar-refractivity contribution is 5.70. The van der Waals surface area contributed by atoms with E-state index in [0.29, 0.717) is 6.61 Å². The SMILES string of the molecule is NC(CC(=O)OCC1CCCO1)c1ccccc1. The third kappa shape index (κ3) is 3.82. The first-order valence-corrected chi connectivity index (χ1v) is 6.33. The van der Waals surface area contributed by atoms with Crippen molar-refractivity contribution in [2.75, 3.05) is 13.2 Å². The number of hydrogen-bond acceptors (Lipinski definition) is 4. The number of nitrogens with two attached hydrogens (primary N) is 1. The van der Waals surface area contributed by atoms with Crippen molar-refractivity contribution in [2.45, 2.75) is 31.4 Å². The van der Waals surface area contributed by atoms with E-state index < -0.39 is 0 Å². The molecule has 1 aromatic rings. The van der Waals surface area contributed by atoms with Crippen LogP contribution < -0.4 is 5.73 Å². The fourth-order valence-corrected chi connectivity index (χ4v) is 2.02. The lowest BCUT2D eigenvalue weighted by molar-refractivity contribution is -0.147. The van der Waals surface area contributed by atoms with Gasteiger partial charge >= 0.3 is 5.97 Å². The van der Waals surface area contributed by atoms with Crippen LogP contribution >= 0.6 is 0 Å². The summed E-state index contributed by atoms with van der Waals surface area (Å²) in [5, 5.41) is 0. The maximum atomic E-state index is 11.6. The third-order valence-corrected chi connectivity index (χ3v) is 3.07. The van der Waals surface area contributed by atoms with Gasteiger partial charge < -0.3 is 15.2 Å². The van der Waals surface area contributed by atoms with Crippen molar-refractivity contribution in [3.05, 3.63) is 35.9 Å². The molecule has 2 unspecified atom stereocenters. The van der Waals surface area contributed by atoms with Crippen molar-refractivity contribution in [3.63, 3.8) is 0 Å². The molecule has 1 aromatic carbocycles. The molecule has 0 spiro atoms. The number of ether oxygens (including phenoxy) is 2. The van der Waals surface area contributed by atoms with Crippen LogP contribution in [0.4, 0.5) is 0 Å². The Hall–Kier alpha value is -1.39. The molecule has 98 valence electrons. The first-order chi connectivity index (χ1) is 8.75. The summed E-state index contributed by atoms with van der Waals surface area (Å²) in [7, 11) is 0. The Kier molecular flexibility index (Phi) is 4.73. The predicted molar refractivity (Wildman–Crippen MR) is 67.9 cm³/mol. The zero-order valence-corrected chi connectivity index (χ0v) is 10.4. The monoisotopic (exact) mass is 249 g/mol. The van der Waals surface area contributed by atoms with Crippen molar-refractivity contribution < 1.29 is 14.3 Å². The summed E-state index contributed by atoms with van der Waals surface area (Å²) in [5.74, 6) is -0.262. The molecule has 1 aliphatic heterocycles. The van der Waals surface area contributed by atoms with Crippen molar-refractivity contribution in [1.82, 2.24) is 0 Å². The predicted octanol–water partition coefficient (Wildman–Crippen LogP) is 1.80. The normalized spacial score (nSPS) is 20.6. The summed E-state index contributed by atoms with van der Waals surface area (Å²) in [6.45, 7) is 1.12. The number of carbonyl (C=O) groups excluding carboxylic acids is 1. The van der Waals surface area contributed by atoms with E-state index in [1.54, 1.807) is 0 Å². The van der Waals surface area contributed by atoms with Crippen LogP contribution in [0.5, 0.6) is 0 Å². The molecule has 0 aliphatic carbocycles. The molecule has 0 saturated carbocycles. The largest absolute Gasteiger partial charge is 0.463 e. The minimum absolute atomic E-state index is 0.0712. The lowest BCUT2D eigenvalue weighted by Crippen LogP contribution is -2.21. The lowest BCUT2D eigenvalue weighted by Gasteiger charge is -2.13. The fourth-order valence-electron chi connectivity index (χ4n) is 2.02. The highest BCUT2D eigenvalue weighted by Crippen LogP contribution is 2.15. The Bertz CT molecular complexity index is 374. The first-order valence-electron chi connectivity index (χ1n) is 6.33. The highest BCUT2D eigenvalue weighted by Gasteiger charge is 2.18. The van der Waals surface area contributed by atoms with E-state index in [2.05, 4.69) is 0 Å². The molecule has 4 nitrogen and oxygen atoms in total. The summed E-state index contributed by atoms with van der Waals surface area (Å²) >= 11 is 0. The van der Waals surface area contributed by atoms with Gasteiger partial charge in [-0.15, -0.1) is 0 Å². The maximum absolute atomic E-state index is 11.6. The van der Waals surface area contributed by atoms with Crippen LogP contribution in [0.1, 0.15) is 30.9 Å². The van der Waals surface area contributed by atoms with Gasteiger partial charge in [-0.25, -0.2) is 0 Å². The number of rotatable bonds is 5. The Morgan fingerprint density at radius 3 is 2.89 bits per heavy atom. The summed E-state index contributed by atoms with van der Waals surface area (Å²) in [6.07, 6.45) is 2.29. The standard InChI is InChI=1S/C14H19NO3/c15-13(11-5-2-1-3-6-11)9-14(16)18-10-12-7-4-8-17-12/h1-3,5-6,12-13H,4,7-10,15H2. The quantitative estimate of drug-likeness (QED) is 0.808. The fraction of sp³-hybridized carbons (Fsp3) is 0.500. The van der Waals surface area contributed by atoms with E-state index in [9.17, 15) is 4.79 Å². The Morgan fingerprint density at radius 1 is 1.44 bits per heavy atom. The summed E-state index contributed by atoms with van der Waals surface area (Å²) in [4.78, 5) is 11.6. The molecule has 0 amide bonds. The van der Waals surface area contributed by atoms with Crippen LogP contribution in [0.2, 0.25) is 0 Å². The molecule has 1 saturated heterocycles. The third-order valence-electron chi connectivity index (χ3n) is 3.07. The molecule has 1 fully saturated rings. The van der Waals surface area contributed by atoms with Crippen LogP contribution in [0.3, 0.4) is 0 Å². The second kappa shape index (κ2) is 6.52. The Balaban J connectivity index is 1.73. The van der Waals surface area contributed by atoms with Gasteiger partial charge in [-0.1, -0.05) is 30.3 Å². The van der Waals surface area contributed by atoms with Gasteiger partial charge in [0.1, 0.15) is 6.61 Å². The van der Waals surface area contributed by atoms with Crippen LogP contribution in [0.25, 0.3) is 0 Å². The van der Waals surface area contributed by atoms with Crippen LogP contribution in [-0.2, 0) is 14.3 Å². The molecule has 4 heteroatoms. The van der Waals surface area contributed by atoms with Crippen molar-refractivity contribution >= 4 is 5.97 Å². The minimum atomic E-state index is -0.303. The Labute approximate surface area is 107 Å². The van der Waals surface area contributed by atoms with Gasteiger partial charge in [0.25, 0.3) is 0 Å². The molecule has 2 N–H and O–H groups in total. The van der Waals surface area contributed by atoms with E-state index >= 15 is 0 Å². The second-order valence-electron chi connectivity index (χ2n) is 4.54. The topological polar surface area (TPSA) is 61.6 Å². The molecule has 1 heterocycles. The highest BCUT2D eigenvalue weighted by atomic mass is 16.6. The Morgan fingerprint density at radius 2 is 2.22 bits per heavy atom. The zero-order chi connectivity index (χ0) is 12.8. The minimum Gasteiger partial charge on any atom is -0.463 e. The molecule has 2 rings (SSSR count). The zero-order valence-electron chi connectivity index (χ0n) is 10.4. The number of carbonyl (C=O) groups is 1. The van der Waals surface area contributed by atoms with Crippen molar-refractivity contribution in [3.8, 4) is 0 Å². The molecular weight excluding hydrogens is 230 g/mol. The average Bonchev–Trinajstić information content (AvgIpc) is 2.90. The number of benzene rings is 1. The van der Waals surface area contributed by atoms with Gasteiger partial charge in [0, 0.05) is 12.6 Å². The lowest BCUT2D eigenvalue weighted by atomic mass is 10.1. The van der Waals surface area contributed by atoms with Gasteiger partial charge in [-0.3, -0.25) is 4.79 Å². The smallest absolute Gasteiger partial charge is 0.307 e. The van der Waals surface area contributed by atoms with Crippen LogP contribution in [0.15, 0.2) is 30.3 Å². The second-order valence-corrected chi connectivity index (χ2v) is 4.54. The maximum Gasteiger partial charge on any atom is 0.307 e. The van der Waals surface area contributed by atoms with E-state index in [-0.39, 0.29) is 24.5 Å². The molecular formula is C14H19NO3. The number of esters is 1. The van der Waals surface area contributed by atoms with Gasteiger partial charge in [-0.2, -0.15) is 0 Å². The summed E-state index contributed by atoms with van der Waals surface area (Å²) in [6, 6.07) is 9.27. The first kappa shape index (κ1) is 13.1. The van der Waals surface area contributed by atoms with E-state index in [4.69, 9.17) is 15.2 Å². The van der Waals surface area contributed by atoms with Gasteiger partial charge in [-0.05, 0) is 18.4 Å². The van der Waals surface area contributed by atoms with Crippen LogP contribution in [-0.4, -0.2) is 25.3 Å². The van der Waals surface area contributed by atoms with E-state index in [1.807, 2.05) is 30.3 Å². The van der Waals surface area contributed by atoms with E-state index in [1.165, 1.54) is 0 Å². The molecule has 0 aromatic heterocycles. The average molecular weight is 249 g/mol. The van der Waals surface area contributed by atoms with Crippen molar-refractivity contribution in [1.29, 1.82) is 0 Å². The summed E-state index contributed by atoms with van der Waals surface area (Å²) in [5.41, 5.74) is 6.90. The van der Waals surface area contributed by atoms with Gasteiger partial charge in [0.05, 0.1) is 12.5 Å². The summed E-state index contributed by atoms with van der Waals surface area (Å²) < 4.78 is 10.6. The molecule has 0 bridgehead atoms. The van der Waals surface area contributed by atoms with Gasteiger partial charge in [0.15, 0.2) is 0 Å². The molecule has 1 aliphatic rings. The van der Waals surface area contributed by atoms with E-state index in [0.717, 1.165) is 25.0 Å². The van der Waals surface area contributed by atoms with Crippen LogP contribution in [0, 0.1) is 0 Å². The number of hydrogen-bond donors (Lipinski definition) is 1. The molecule has 18 heavy (non-hydrogen) atoms.